The van der Waals surface area contributed by atoms with E-state index in [4.69, 9.17) is 20.0 Å². The van der Waals surface area contributed by atoms with Crippen molar-refractivity contribution in [2.24, 2.45) is 0 Å². The molecule has 6 heteroatoms. The largest absolute Gasteiger partial charge is 0.493 e. The maximum Gasteiger partial charge on any atom is 0.265 e. The van der Waals surface area contributed by atoms with Gasteiger partial charge in [-0.25, -0.2) is 0 Å². The van der Waals surface area contributed by atoms with Crippen molar-refractivity contribution in [3.63, 3.8) is 0 Å². The molecule has 1 atom stereocenters. The molecule has 1 N–H and O–H groups in total. The Morgan fingerprint density at radius 3 is 2.46 bits per heavy atom. The number of hydrogen-bond donors (Lipinski definition) is 1. The number of hydrogen-bond acceptors (Lipinski definition) is 5. The molecular weight excluding hydrogens is 306 g/mol. The monoisotopic (exact) mass is 321 g/mol. The summed E-state index contributed by atoms with van der Waals surface area (Å²) in [6, 6.07) is 15.3. The lowest BCUT2D eigenvalue weighted by Gasteiger charge is -2.17. The summed E-state index contributed by atoms with van der Waals surface area (Å²) in [6.07, 6.45) is -0.794. The molecule has 0 aliphatic rings. The van der Waals surface area contributed by atoms with Gasteiger partial charge in [-0.15, -0.1) is 0 Å². The summed E-state index contributed by atoms with van der Waals surface area (Å²) in [5, 5.41) is 20.5. The van der Waals surface area contributed by atoms with Crippen molar-refractivity contribution in [2.45, 2.75) is 13.0 Å². The Labute approximate surface area is 139 Å². The van der Waals surface area contributed by atoms with Gasteiger partial charge in [0.05, 0.1) is 30.4 Å². The molecule has 0 aromatic heterocycles. The van der Waals surface area contributed by atoms with Gasteiger partial charge in [0.1, 0.15) is 0 Å². The molecule has 2 rings (SSSR count). The lowest BCUT2D eigenvalue weighted by molar-refractivity contribution is -0.122. The summed E-state index contributed by atoms with van der Waals surface area (Å²) in [5.74, 6) is 0.376. The molecule has 0 unspecified atom stereocenters. The first kappa shape index (κ1) is 16.9. The smallest absolute Gasteiger partial charge is 0.265 e. The minimum Gasteiger partial charge on any atom is -0.493 e. The van der Waals surface area contributed by atoms with E-state index in [0.29, 0.717) is 28.3 Å². The minimum absolute atomic E-state index is 0.364. The van der Waals surface area contributed by atoms with Gasteiger partial charge in [-0.05, 0) is 37.3 Å². The van der Waals surface area contributed by atoms with E-state index in [1.165, 1.54) is 13.2 Å². The zero-order valence-electron chi connectivity index (χ0n) is 13.2. The Balaban J connectivity index is 2.09. The summed E-state index contributed by atoms with van der Waals surface area (Å²) >= 11 is 0. The van der Waals surface area contributed by atoms with Gasteiger partial charge in [0, 0.05) is 11.8 Å². The van der Waals surface area contributed by atoms with E-state index in [1.54, 1.807) is 43.3 Å². The van der Waals surface area contributed by atoms with Crippen LogP contribution in [-0.2, 0) is 4.79 Å². The van der Waals surface area contributed by atoms with Gasteiger partial charge in [0.25, 0.3) is 5.91 Å². The van der Waals surface area contributed by atoms with E-state index in [0.717, 1.165) is 0 Å². The number of nitrogens with one attached hydrogen (secondary N) is 1. The normalized spacial score (nSPS) is 10.8. The topological polar surface area (TPSA) is 95.1 Å². The fourth-order valence-corrected chi connectivity index (χ4v) is 1.99. The first-order chi connectivity index (χ1) is 11.6. The van der Waals surface area contributed by atoms with Crippen molar-refractivity contribution in [1.29, 1.82) is 10.5 Å². The number of methoxy groups -OCH3 is 1. The predicted octanol–water partition coefficient (Wildman–Crippen LogP) is 2.84. The highest BCUT2D eigenvalue weighted by Gasteiger charge is 2.17. The number of carbonyl (C=O) groups excluding carboxylic acids is 1. The van der Waals surface area contributed by atoms with Gasteiger partial charge in [0.15, 0.2) is 17.6 Å². The molecule has 2 aromatic carbocycles. The molecule has 2 aromatic rings. The molecule has 24 heavy (non-hydrogen) atoms. The Morgan fingerprint density at radius 1 is 1.08 bits per heavy atom. The van der Waals surface area contributed by atoms with Crippen molar-refractivity contribution in [3.05, 3.63) is 53.6 Å². The van der Waals surface area contributed by atoms with Gasteiger partial charge >= 0.3 is 0 Å². The number of anilines is 1. The van der Waals surface area contributed by atoms with E-state index in [2.05, 4.69) is 5.32 Å². The molecule has 0 bridgehead atoms. The third-order valence-electron chi connectivity index (χ3n) is 3.22. The van der Waals surface area contributed by atoms with Gasteiger partial charge in [-0.1, -0.05) is 6.07 Å². The van der Waals surface area contributed by atoms with Crippen LogP contribution < -0.4 is 14.8 Å². The number of rotatable bonds is 5. The zero-order valence-corrected chi connectivity index (χ0v) is 13.2. The third kappa shape index (κ3) is 4.02. The van der Waals surface area contributed by atoms with Gasteiger partial charge in [-0.3, -0.25) is 4.79 Å². The van der Waals surface area contributed by atoms with Crippen molar-refractivity contribution >= 4 is 11.6 Å². The fraction of sp³-hybridized carbons (Fsp3) is 0.167. The first-order valence-corrected chi connectivity index (χ1v) is 7.13. The van der Waals surface area contributed by atoms with Gasteiger partial charge in [-0.2, -0.15) is 10.5 Å². The molecular formula is C18H15N3O3. The molecule has 0 saturated carbocycles. The second-order valence-electron chi connectivity index (χ2n) is 4.92. The molecule has 0 aliphatic carbocycles. The lowest BCUT2D eigenvalue weighted by Crippen LogP contribution is -2.30. The molecule has 0 fully saturated rings. The Bertz CT molecular complexity index is 834. The molecule has 120 valence electrons. The SMILES string of the molecule is COc1cc(C#N)ccc1O[C@@H](C)C(=O)Nc1cccc(C#N)c1. The second kappa shape index (κ2) is 7.66. The summed E-state index contributed by atoms with van der Waals surface area (Å²) in [6.45, 7) is 1.60. The molecule has 0 aliphatic heterocycles. The highest BCUT2D eigenvalue weighted by molar-refractivity contribution is 5.94. The Kier molecular flexibility index (Phi) is 5.38. The van der Waals surface area contributed by atoms with Crippen LogP contribution in [-0.4, -0.2) is 19.1 Å². The van der Waals surface area contributed by atoms with Crippen molar-refractivity contribution < 1.29 is 14.3 Å². The third-order valence-corrected chi connectivity index (χ3v) is 3.22. The van der Waals surface area contributed by atoms with E-state index in [9.17, 15) is 4.79 Å². The van der Waals surface area contributed by atoms with Crippen LogP contribution in [0.25, 0.3) is 0 Å². The first-order valence-electron chi connectivity index (χ1n) is 7.13. The quantitative estimate of drug-likeness (QED) is 0.913. The standard InChI is InChI=1S/C18H15N3O3/c1-12(18(22)21-15-5-3-4-13(8-15)10-19)24-16-7-6-14(11-20)9-17(16)23-2/h3-9,12H,1-2H3,(H,21,22)/t12-/m0/s1. The van der Waals surface area contributed by atoms with Crippen molar-refractivity contribution in [1.82, 2.24) is 0 Å². The van der Waals surface area contributed by atoms with Crippen LogP contribution in [0.4, 0.5) is 5.69 Å². The second-order valence-corrected chi connectivity index (χ2v) is 4.92. The van der Waals surface area contributed by atoms with Gasteiger partial charge < -0.3 is 14.8 Å². The summed E-state index contributed by atoms with van der Waals surface area (Å²) in [7, 11) is 1.46. The summed E-state index contributed by atoms with van der Waals surface area (Å²) in [4.78, 5) is 12.2. The van der Waals surface area contributed by atoms with E-state index >= 15 is 0 Å². The van der Waals surface area contributed by atoms with Crippen LogP contribution in [0, 0.1) is 22.7 Å². The molecule has 0 spiro atoms. The van der Waals surface area contributed by atoms with Crippen LogP contribution in [0.1, 0.15) is 18.1 Å². The lowest BCUT2D eigenvalue weighted by atomic mass is 10.2. The number of amides is 1. The molecule has 0 radical (unpaired) electrons. The molecule has 6 nitrogen and oxygen atoms in total. The minimum atomic E-state index is -0.794. The fourth-order valence-electron chi connectivity index (χ4n) is 1.99. The molecule has 1 amide bonds. The maximum absolute atomic E-state index is 12.2. The van der Waals surface area contributed by atoms with Crippen LogP contribution in [0.3, 0.4) is 0 Å². The number of nitriles is 2. The predicted molar refractivity (Wildman–Crippen MR) is 87.6 cm³/mol. The van der Waals surface area contributed by atoms with Crippen LogP contribution in [0.15, 0.2) is 42.5 Å². The highest BCUT2D eigenvalue weighted by atomic mass is 16.5. The van der Waals surface area contributed by atoms with E-state index in [-0.39, 0.29) is 5.91 Å². The van der Waals surface area contributed by atoms with E-state index in [1.807, 2.05) is 12.1 Å². The maximum atomic E-state index is 12.2. The number of nitrogens with zero attached hydrogens (tertiary/aromatic N) is 2. The van der Waals surface area contributed by atoms with Crippen LogP contribution >= 0.6 is 0 Å². The number of benzene rings is 2. The highest BCUT2D eigenvalue weighted by Crippen LogP contribution is 2.28. The average Bonchev–Trinajstić information content (AvgIpc) is 2.62. The van der Waals surface area contributed by atoms with Crippen molar-refractivity contribution in [2.75, 3.05) is 12.4 Å². The van der Waals surface area contributed by atoms with E-state index < -0.39 is 6.10 Å². The molecule has 0 heterocycles. The summed E-state index contributed by atoms with van der Waals surface area (Å²) in [5.41, 5.74) is 1.40. The molecule has 0 saturated heterocycles. The number of carbonyl (C=O) groups is 1. The Hall–Kier alpha value is -3.51. The number of ether oxygens (including phenoxy) is 2. The zero-order chi connectivity index (χ0) is 17.5. The van der Waals surface area contributed by atoms with Crippen LogP contribution in [0.2, 0.25) is 0 Å². The van der Waals surface area contributed by atoms with Crippen molar-refractivity contribution in [3.8, 4) is 23.6 Å². The average molecular weight is 321 g/mol. The summed E-state index contributed by atoms with van der Waals surface area (Å²) < 4.78 is 10.8. The van der Waals surface area contributed by atoms with Crippen LogP contribution in [0.5, 0.6) is 11.5 Å². The van der Waals surface area contributed by atoms with Gasteiger partial charge in [0.2, 0.25) is 0 Å². The Morgan fingerprint density at radius 2 is 1.79 bits per heavy atom.